The van der Waals surface area contributed by atoms with E-state index < -0.39 is 64.7 Å². The van der Waals surface area contributed by atoms with Crippen LogP contribution in [-0.4, -0.2) is 95.7 Å². The Balaban J connectivity index is 1.35. The average molecular weight is 976 g/mol. The molecule has 1 aliphatic rings. The van der Waals surface area contributed by atoms with E-state index in [-0.39, 0.29) is 48.0 Å². The van der Waals surface area contributed by atoms with Crippen molar-refractivity contribution in [2.45, 2.75) is 144 Å². The maximum absolute atomic E-state index is 14.2. The molecular formula is C56H77N7O8. The van der Waals surface area contributed by atoms with Crippen molar-refractivity contribution in [3.05, 3.63) is 107 Å². The van der Waals surface area contributed by atoms with Crippen LogP contribution < -0.4 is 31.5 Å². The zero-order valence-corrected chi connectivity index (χ0v) is 43.9. The van der Waals surface area contributed by atoms with Crippen molar-refractivity contribution < 1.29 is 38.7 Å². The molecule has 15 nitrogen and oxygen atoms in total. The highest BCUT2D eigenvalue weighted by atomic mass is 16.4. The van der Waals surface area contributed by atoms with Crippen LogP contribution in [0.1, 0.15) is 124 Å². The lowest BCUT2D eigenvalue weighted by Gasteiger charge is -2.40. The number of hydrogen-bond donors (Lipinski definition) is 6. The first-order valence-corrected chi connectivity index (χ1v) is 24.6. The van der Waals surface area contributed by atoms with Crippen molar-refractivity contribution >= 4 is 64.9 Å². The van der Waals surface area contributed by atoms with Gasteiger partial charge in [-0.15, -0.1) is 0 Å². The molecule has 4 rings (SSSR count). The van der Waals surface area contributed by atoms with Crippen LogP contribution in [0.5, 0.6) is 0 Å². The number of aliphatic carboxylic acids is 1. The third-order valence-electron chi connectivity index (χ3n) is 13.2. The van der Waals surface area contributed by atoms with Gasteiger partial charge < -0.3 is 41.5 Å². The number of unbranched alkanes of at least 4 members (excludes halogenated alkanes) is 1. The van der Waals surface area contributed by atoms with Crippen molar-refractivity contribution in [3.63, 3.8) is 0 Å². The van der Waals surface area contributed by atoms with Crippen molar-refractivity contribution in [1.82, 2.24) is 26.2 Å². The van der Waals surface area contributed by atoms with E-state index in [0.717, 1.165) is 22.4 Å². The van der Waals surface area contributed by atoms with Gasteiger partial charge in [-0.2, -0.15) is 0 Å². The zero-order valence-electron chi connectivity index (χ0n) is 43.9. The largest absolute Gasteiger partial charge is 0.478 e. The number of benzene rings is 3. The number of carboxylic acid groups (broad SMARTS) is 1. The number of hydrogen-bond acceptors (Lipinski definition) is 8. The van der Waals surface area contributed by atoms with Gasteiger partial charge in [-0.3, -0.25) is 28.8 Å². The maximum Gasteiger partial charge on any atom is 0.331 e. The number of rotatable bonds is 21. The van der Waals surface area contributed by atoms with Crippen molar-refractivity contribution in [2.24, 2.45) is 17.3 Å². The van der Waals surface area contributed by atoms with E-state index in [1.807, 2.05) is 109 Å². The summed E-state index contributed by atoms with van der Waals surface area (Å²) in [6.45, 7) is 20.2. The number of carbonyl (C=O) groups is 7. The minimum atomic E-state index is -1.08. The molecule has 1 aliphatic heterocycles. The molecule has 1 unspecified atom stereocenters. The topological polar surface area (TPSA) is 206 Å². The van der Waals surface area contributed by atoms with Gasteiger partial charge in [0.05, 0.1) is 24.3 Å². The first-order chi connectivity index (χ1) is 33.3. The summed E-state index contributed by atoms with van der Waals surface area (Å²) in [7, 11) is 3.27. The number of fused-ring (bicyclic) bond motifs is 2. The lowest BCUT2D eigenvalue weighted by molar-refractivity contribution is -0.141. The maximum atomic E-state index is 14.2. The third kappa shape index (κ3) is 15.2. The molecule has 6 N–H and O–H groups in total. The number of carbonyl (C=O) groups excluding carboxylic acids is 6. The molecule has 71 heavy (non-hydrogen) atoms. The zero-order chi connectivity index (χ0) is 53.0. The van der Waals surface area contributed by atoms with Crippen LogP contribution in [-0.2, 0) is 45.5 Å². The molecule has 0 aliphatic carbocycles. The van der Waals surface area contributed by atoms with E-state index in [4.69, 9.17) is 0 Å². The van der Waals surface area contributed by atoms with Gasteiger partial charge in [0.15, 0.2) is 0 Å². The fourth-order valence-corrected chi connectivity index (χ4v) is 8.76. The van der Waals surface area contributed by atoms with E-state index >= 15 is 0 Å². The number of carboxylic acids is 1. The summed E-state index contributed by atoms with van der Waals surface area (Å²) in [6.07, 6.45) is 6.92. The molecule has 384 valence electrons. The molecule has 3 aromatic carbocycles. The Morgan fingerprint density at radius 1 is 0.732 bits per heavy atom. The Hall–Kier alpha value is -6.61. The lowest BCUT2D eigenvalue weighted by Crippen LogP contribution is -2.61. The van der Waals surface area contributed by atoms with E-state index in [1.165, 1.54) is 11.8 Å². The van der Waals surface area contributed by atoms with Gasteiger partial charge in [0.25, 0.3) is 0 Å². The van der Waals surface area contributed by atoms with Gasteiger partial charge in [-0.25, -0.2) is 4.79 Å². The van der Waals surface area contributed by atoms with Gasteiger partial charge in [0, 0.05) is 36.6 Å². The molecule has 0 saturated heterocycles. The van der Waals surface area contributed by atoms with E-state index in [0.29, 0.717) is 30.6 Å². The summed E-state index contributed by atoms with van der Waals surface area (Å²) in [6, 6.07) is 18.6. The predicted molar refractivity (Wildman–Crippen MR) is 281 cm³/mol. The monoisotopic (exact) mass is 976 g/mol. The van der Waals surface area contributed by atoms with Crippen LogP contribution >= 0.6 is 0 Å². The van der Waals surface area contributed by atoms with Crippen LogP contribution in [0, 0.1) is 17.3 Å². The molecule has 0 fully saturated rings. The summed E-state index contributed by atoms with van der Waals surface area (Å²) < 4.78 is 0. The number of para-hydroxylation sites is 1. The molecule has 0 saturated carbocycles. The summed E-state index contributed by atoms with van der Waals surface area (Å²) in [5.74, 6) is -3.67. The fourth-order valence-electron chi connectivity index (χ4n) is 8.76. The normalized spacial score (nSPS) is 15.4. The molecule has 6 amide bonds. The second-order valence-corrected chi connectivity index (χ2v) is 21.0. The minimum absolute atomic E-state index is 0.0415. The second-order valence-electron chi connectivity index (χ2n) is 21.0. The predicted octanol–water partition coefficient (Wildman–Crippen LogP) is 7.46. The Labute approximate surface area is 420 Å². The van der Waals surface area contributed by atoms with Crippen LogP contribution in [0.3, 0.4) is 0 Å². The smallest absolute Gasteiger partial charge is 0.331 e. The van der Waals surface area contributed by atoms with Crippen LogP contribution in [0.15, 0.2) is 84.4 Å². The molecule has 0 spiro atoms. The van der Waals surface area contributed by atoms with Gasteiger partial charge in [-0.05, 0) is 91.4 Å². The molecule has 15 heteroatoms. The highest BCUT2D eigenvalue weighted by molar-refractivity contribution is 5.99. The van der Waals surface area contributed by atoms with Crippen LogP contribution in [0.25, 0.3) is 12.2 Å². The first kappa shape index (κ1) is 57.0. The van der Waals surface area contributed by atoms with E-state index in [2.05, 4.69) is 32.7 Å². The Morgan fingerprint density at radius 2 is 1.35 bits per heavy atom. The fraction of sp³-hybridized carbons (Fsp3) is 0.482. The Kier molecular flexibility index (Phi) is 20.0. The Bertz CT molecular complexity index is 2470. The van der Waals surface area contributed by atoms with Gasteiger partial charge in [-0.1, -0.05) is 135 Å². The van der Waals surface area contributed by atoms with Crippen LogP contribution in [0.2, 0.25) is 0 Å². The quantitative estimate of drug-likeness (QED) is 0.0462. The Morgan fingerprint density at radius 3 is 1.97 bits per heavy atom. The van der Waals surface area contributed by atoms with Gasteiger partial charge >= 0.3 is 5.97 Å². The van der Waals surface area contributed by atoms with Crippen molar-refractivity contribution in [3.8, 4) is 0 Å². The highest BCUT2D eigenvalue weighted by Gasteiger charge is 2.42. The standard InChI is InChI=1S/C56H77N7O8/c1-34(2)44(31-36(5)54(70)71)62(13)53(69)49(55(7,8)9)61-52(68)48(57-12)56(10,11)41-24-20-25-42(32-41)59-50(66)37(6)58-51(67)47(35(3)4)60-45(64)27-18-19-28-46(65)63-33-40-23-15-14-21-38(40)29-30-39-22-16-17-26-43(39)63/h14-17,20-26,29-32,34-35,37,44,47-49,57H,18-19,27-28,33H2,1-13H3,(H,58,67)(H,59,66)(H,60,64)(H,61,68)(H,70,71)/b30-29-,36-31+/t37-,44+,47-,48-,49?/m0/s1. The number of nitrogens with zero attached hydrogens (tertiary/aromatic N) is 2. The summed E-state index contributed by atoms with van der Waals surface area (Å²) in [4.78, 5) is 97.3. The van der Waals surface area contributed by atoms with E-state index in [1.54, 1.807) is 64.0 Å². The molecule has 1 heterocycles. The molecule has 0 radical (unpaired) electrons. The molecular weight excluding hydrogens is 899 g/mol. The summed E-state index contributed by atoms with van der Waals surface area (Å²) in [5, 5.41) is 24.1. The molecule has 0 aromatic heterocycles. The number of anilines is 2. The molecule has 0 bridgehead atoms. The SMILES string of the molecule is CN[C@@H](C(=O)NC(C(=O)N(C)[C@H](/C=C(\C)C(=O)O)C(C)C)C(C)(C)C)C(C)(C)c1cccc(NC(=O)[C@H](C)NC(=O)[C@@H](NC(=O)CCCCC(=O)N2Cc3ccccc3/C=C\c3ccccc32)C(C)C)c1. The highest BCUT2D eigenvalue weighted by Crippen LogP contribution is 2.32. The second kappa shape index (κ2) is 25.0. The summed E-state index contributed by atoms with van der Waals surface area (Å²) >= 11 is 0. The van der Waals surface area contributed by atoms with Gasteiger partial charge in [0.2, 0.25) is 35.4 Å². The number of likely N-dealkylation sites (N-methyl/N-ethyl adjacent to an activating group) is 2. The lowest BCUT2D eigenvalue weighted by atomic mass is 9.76. The minimum Gasteiger partial charge on any atom is -0.478 e. The van der Waals surface area contributed by atoms with Gasteiger partial charge in [0.1, 0.15) is 18.1 Å². The average Bonchev–Trinajstić information content (AvgIpc) is 3.30. The third-order valence-corrected chi connectivity index (χ3v) is 13.2. The number of nitrogens with one attached hydrogen (secondary N) is 5. The number of amides is 6. The molecule has 5 atom stereocenters. The van der Waals surface area contributed by atoms with E-state index in [9.17, 15) is 38.7 Å². The van der Waals surface area contributed by atoms with Crippen molar-refractivity contribution in [1.29, 1.82) is 0 Å². The first-order valence-electron chi connectivity index (χ1n) is 24.6. The van der Waals surface area contributed by atoms with Crippen molar-refractivity contribution in [2.75, 3.05) is 24.3 Å². The molecule has 3 aromatic rings. The van der Waals surface area contributed by atoms with Crippen LogP contribution in [0.4, 0.5) is 11.4 Å². The summed E-state index contributed by atoms with van der Waals surface area (Å²) in [5.41, 5.74) is 3.51.